The third-order valence-corrected chi connectivity index (χ3v) is 3.14. The van der Waals surface area contributed by atoms with Gasteiger partial charge >= 0.3 is 0 Å². The van der Waals surface area contributed by atoms with Crippen molar-refractivity contribution in [3.8, 4) is 23.1 Å². The average molecular weight is 268 g/mol. The number of pyridine rings is 1. The van der Waals surface area contributed by atoms with E-state index >= 15 is 0 Å². The molecule has 0 bridgehead atoms. The van der Waals surface area contributed by atoms with Crippen molar-refractivity contribution < 1.29 is 4.74 Å². The van der Waals surface area contributed by atoms with Crippen LogP contribution in [0, 0.1) is 11.3 Å². The van der Waals surface area contributed by atoms with E-state index in [-0.39, 0.29) is 11.1 Å². The van der Waals surface area contributed by atoms with Crippen molar-refractivity contribution in [3.05, 3.63) is 51.8 Å². The number of hydrogen-bond acceptors (Lipinski definition) is 3. The molecule has 1 N–H and O–H groups in total. The number of hydrogen-bond donors (Lipinski definition) is 1. The molecule has 20 heavy (non-hydrogen) atoms. The lowest BCUT2D eigenvalue weighted by Crippen LogP contribution is -2.10. The van der Waals surface area contributed by atoms with Crippen molar-refractivity contribution >= 4 is 0 Å². The van der Waals surface area contributed by atoms with Crippen molar-refractivity contribution in [2.24, 2.45) is 0 Å². The van der Waals surface area contributed by atoms with E-state index in [1.807, 2.05) is 24.3 Å². The molecule has 4 heteroatoms. The number of nitriles is 1. The first-order chi connectivity index (χ1) is 9.69. The van der Waals surface area contributed by atoms with Gasteiger partial charge < -0.3 is 9.72 Å². The predicted molar refractivity (Wildman–Crippen MR) is 77.8 cm³/mol. The minimum atomic E-state index is -0.363. The smallest absolute Gasteiger partial charge is 0.266 e. The molecule has 0 aliphatic rings. The summed E-state index contributed by atoms with van der Waals surface area (Å²) in [5.41, 5.74) is 2.48. The van der Waals surface area contributed by atoms with Crippen LogP contribution < -0.4 is 10.3 Å². The number of aromatic nitrogens is 1. The van der Waals surface area contributed by atoms with Gasteiger partial charge in [-0.25, -0.2) is 0 Å². The number of aromatic amines is 1. The lowest BCUT2D eigenvalue weighted by atomic mass is 10.0. The normalized spacial score (nSPS) is 10.1. The molecule has 0 saturated heterocycles. The van der Waals surface area contributed by atoms with Crippen molar-refractivity contribution in [1.82, 2.24) is 4.98 Å². The molecular formula is C16H16N2O2. The maximum absolute atomic E-state index is 11.7. The summed E-state index contributed by atoms with van der Waals surface area (Å²) >= 11 is 0. The highest BCUT2D eigenvalue weighted by atomic mass is 16.5. The minimum Gasteiger partial charge on any atom is -0.496 e. The number of H-pyrrole nitrogens is 1. The third kappa shape index (κ3) is 2.72. The van der Waals surface area contributed by atoms with Gasteiger partial charge in [-0.3, -0.25) is 4.79 Å². The van der Waals surface area contributed by atoms with E-state index in [2.05, 4.69) is 11.9 Å². The zero-order chi connectivity index (χ0) is 14.5. The van der Waals surface area contributed by atoms with Crippen LogP contribution >= 0.6 is 0 Å². The van der Waals surface area contributed by atoms with Crippen LogP contribution in [0.3, 0.4) is 0 Å². The zero-order valence-corrected chi connectivity index (χ0v) is 11.6. The molecule has 0 saturated carbocycles. The number of rotatable bonds is 4. The topological polar surface area (TPSA) is 65.9 Å². The molecule has 0 fully saturated rings. The number of nitrogens with zero attached hydrogens (tertiary/aromatic N) is 1. The fourth-order valence-electron chi connectivity index (χ4n) is 2.14. The van der Waals surface area contributed by atoms with Gasteiger partial charge in [-0.05, 0) is 47.9 Å². The molecule has 0 unspecified atom stereocenters. The van der Waals surface area contributed by atoms with Crippen LogP contribution in [-0.2, 0) is 6.42 Å². The Labute approximate surface area is 117 Å². The van der Waals surface area contributed by atoms with Crippen LogP contribution in [0.2, 0.25) is 0 Å². The van der Waals surface area contributed by atoms with E-state index in [0.29, 0.717) is 5.69 Å². The molecular weight excluding hydrogens is 252 g/mol. The maximum atomic E-state index is 11.7. The molecule has 2 aromatic rings. The van der Waals surface area contributed by atoms with Gasteiger partial charge in [0.15, 0.2) is 0 Å². The first kappa shape index (κ1) is 13.9. The van der Waals surface area contributed by atoms with E-state index in [4.69, 9.17) is 10.00 Å². The number of ether oxygens (including phenoxy) is 1. The molecule has 0 aliphatic carbocycles. The van der Waals surface area contributed by atoms with E-state index in [1.165, 1.54) is 6.07 Å². The number of benzene rings is 1. The van der Waals surface area contributed by atoms with Crippen LogP contribution in [0.1, 0.15) is 24.5 Å². The Balaban J connectivity index is 2.48. The second-order valence-electron chi connectivity index (χ2n) is 4.50. The summed E-state index contributed by atoms with van der Waals surface area (Å²) in [6.45, 7) is 2.11. The lowest BCUT2D eigenvalue weighted by molar-refractivity contribution is 0.409. The molecule has 0 aliphatic heterocycles. The van der Waals surface area contributed by atoms with Crippen LogP contribution in [0.5, 0.6) is 5.75 Å². The van der Waals surface area contributed by atoms with E-state index in [9.17, 15) is 4.79 Å². The summed E-state index contributed by atoms with van der Waals surface area (Å²) in [5.74, 6) is 0.853. The highest BCUT2D eigenvalue weighted by Crippen LogP contribution is 2.26. The Morgan fingerprint density at radius 3 is 2.70 bits per heavy atom. The van der Waals surface area contributed by atoms with E-state index < -0.39 is 0 Å². The standard InChI is InChI=1S/C16H16N2O2/c1-3-4-12-9-11(6-8-15(12)20-2)14-7-5-13(10-17)16(19)18-14/h5-9H,3-4H2,1-2H3,(H,18,19). The number of nitrogens with one attached hydrogen (secondary N) is 1. The summed E-state index contributed by atoms with van der Waals surface area (Å²) in [6.07, 6.45) is 1.93. The van der Waals surface area contributed by atoms with Crippen LogP contribution in [0.15, 0.2) is 35.1 Å². The van der Waals surface area contributed by atoms with Gasteiger partial charge in [-0.1, -0.05) is 13.3 Å². The zero-order valence-electron chi connectivity index (χ0n) is 11.6. The predicted octanol–water partition coefficient (Wildman–Crippen LogP) is 2.87. The molecule has 0 spiro atoms. The summed E-state index contributed by atoms with van der Waals surface area (Å²) in [7, 11) is 1.65. The molecule has 0 radical (unpaired) electrons. The quantitative estimate of drug-likeness (QED) is 0.927. The molecule has 1 heterocycles. The molecule has 2 rings (SSSR count). The van der Waals surface area contributed by atoms with Gasteiger partial charge in [0, 0.05) is 5.69 Å². The Hall–Kier alpha value is -2.54. The Bertz CT molecular complexity index is 711. The van der Waals surface area contributed by atoms with Crippen LogP contribution in [-0.4, -0.2) is 12.1 Å². The summed E-state index contributed by atoms with van der Waals surface area (Å²) < 4.78 is 5.33. The minimum absolute atomic E-state index is 0.121. The van der Waals surface area contributed by atoms with Gasteiger partial charge in [0.2, 0.25) is 0 Å². The van der Waals surface area contributed by atoms with Crippen molar-refractivity contribution in [2.75, 3.05) is 7.11 Å². The highest BCUT2D eigenvalue weighted by Gasteiger charge is 2.07. The SMILES string of the molecule is CCCc1cc(-c2ccc(C#N)c(=O)[nH]2)ccc1OC. The summed E-state index contributed by atoms with van der Waals surface area (Å²) in [4.78, 5) is 14.4. The van der Waals surface area contributed by atoms with Crippen molar-refractivity contribution in [2.45, 2.75) is 19.8 Å². The monoisotopic (exact) mass is 268 g/mol. The Morgan fingerprint density at radius 2 is 2.10 bits per heavy atom. The number of methoxy groups -OCH3 is 1. The Morgan fingerprint density at radius 1 is 1.30 bits per heavy atom. The summed E-state index contributed by atoms with van der Waals surface area (Å²) in [5, 5.41) is 8.78. The Kier molecular flexibility index (Phi) is 4.21. The van der Waals surface area contributed by atoms with E-state index in [0.717, 1.165) is 29.7 Å². The van der Waals surface area contributed by atoms with Crippen LogP contribution in [0.4, 0.5) is 0 Å². The first-order valence-electron chi connectivity index (χ1n) is 6.50. The van der Waals surface area contributed by atoms with Gasteiger partial charge in [-0.15, -0.1) is 0 Å². The highest BCUT2D eigenvalue weighted by molar-refractivity contribution is 5.62. The molecule has 0 amide bonds. The molecule has 102 valence electrons. The molecule has 4 nitrogen and oxygen atoms in total. The third-order valence-electron chi connectivity index (χ3n) is 3.14. The van der Waals surface area contributed by atoms with Gasteiger partial charge in [0.05, 0.1) is 7.11 Å². The molecule has 0 atom stereocenters. The maximum Gasteiger partial charge on any atom is 0.266 e. The largest absolute Gasteiger partial charge is 0.496 e. The number of aryl methyl sites for hydroxylation is 1. The fraction of sp³-hybridized carbons (Fsp3) is 0.250. The molecule has 1 aromatic heterocycles. The summed E-state index contributed by atoms with van der Waals surface area (Å²) in [6, 6.07) is 11.0. The second kappa shape index (κ2) is 6.07. The second-order valence-corrected chi connectivity index (χ2v) is 4.50. The van der Waals surface area contributed by atoms with Gasteiger partial charge in [-0.2, -0.15) is 5.26 Å². The lowest BCUT2D eigenvalue weighted by Gasteiger charge is -2.10. The average Bonchev–Trinajstić information content (AvgIpc) is 2.47. The van der Waals surface area contributed by atoms with Gasteiger partial charge in [0.1, 0.15) is 17.4 Å². The first-order valence-corrected chi connectivity index (χ1v) is 6.50. The molecule has 1 aromatic carbocycles. The van der Waals surface area contributed by atoms with Crippen molar-refractivity contribution in [1.29, 1.82) is 5.26 Å². The fourth-order valence-corrected chi connectivity index (χ4v) is 2.14. The van der Waals surface area contributed by atoms with Crippen molar-refractivity contribution in [3.63, 3.8) is 0 Å². The van der Waals surface area contributed by atoms with Gasteiger partial charge in [0.25, 0.3) is 5.56 Å². The van der Waals surface area contributed by atoms with Crippen LogP contribution in [0.25, 0.3) is 11.3 Å². The van der Waals surface area contributed by atoms with E-state index in [1.54, 1.807) is 13.2 Å².